The fraction of sp³-hybridized carbons (Fsp3) is 0.278. The van der Waals surface area contributed by atoms with E-state index < -0.39 is 0 Å². The smallest absolute Gasteiger partial charge is 0.293 e. The van der Waals surface area contributed by atoms with Crippen LogP contribution in [0.5, 0.6) is 11.5 Å². The Hall–Kier alpha value is -3.29. The predicted octanol–water partition coefficient (Wildman–Crippen LogP) is 2.21. The topological polar surface area (TPSA) is 99.6 Å². The average Bonchev–Trinajstić information content (AvgIpc) is 3.36. The normalized spacial score (nSPS) is 15.8. The van der Waals surface area contributed by atoms with Gasteiger partial charge < -0.3 is 23.7 Å². The molecule has 8 nitrogen and oxygen atoms in total. The van der Waals surface area contributed by atoms with Crippen LogP contribution in [0.15, 0.2) is 45.5 Å². The predicted molar refractivity (Wildman–Crippen MR) is 89.5 cm³/mol. The molecule has 4 rings (SSSR count). The van der Waals surface area contributed by atoms with Gasteiger partial charge >= 0.3 is 0 Å². The first-order chi connectivity index (χ1) is 12.7. The van der Waals surface area contributed by atoms with E-state index in [-0.39, 0.29) is 24.3 Å². The van der Waals surface area contributed by atoms with Crippen LogP contribution in [0, 0.1) is 5.92 Å². The number of benzene rings is 1. The molecule has 0 saturated heterocycles. The largest absolute Gasteiger partial charge is 0.497 e. The second-order valence-electron chi connectivity index (χ2n) is 5.90. The molecule has 2 aromatic heterocycles. The Bertz CT molecular complexity index is 903. The standard InChI is InChI=1S/C18H17N3O5/c1-23-13-5-4-11-7-12(10-25-15(11)8-13)17(22)19-9-16-20-18(26-21-16)14-3-2-6-24-14/h2-6,8,12H,7,9-10H2,1H3,(H,19,22)/t12-/m1/s1. The lowest BCUT2D eigenvalue weighted by Gasteiger charge is -2.24. The lowest BCUT2D eigenvalue weighted by atomic mass is 9.96. The fourth-order valence-electron chi connectivity index (χ4n) is 2.78. The first kappa shape index (κ1) is 16.2. The van der Waals surface area contributed by atoms with Crippen molar-refractivity contribution in [3.05, 3.63) is 48.0 Å². The number of methoxy groups -OCH3 is 1. The molecule has 134 valence electrons. The minimum Gasteiger partial charge on any atom is -0.497 e. The Balaban J connectivity index is 1.35. The zero-order valence-corrected chi connectivity index (χ0v) is 14.1. The van der Waals surface area contributed by atoms with Gasteiger partial charge in [0.15, 0.2) is 11.6 Å². The third-order valence-corrected chi connectivity index (χ3v) is 4.17. The second-order valence-corrected chi connectivity index (χ2v) is 5.90. The van der Waals surface area contributed by atoms with E-state index >= 15 is 0 Å². The van der Waals surface area contributed by atoms with Gasteiger partial charge in [0, 0.05) is 6.07 Å². The minimum absolute atomic E-state index is 0.115. The highest BCUT2D eigenvalue weighted by atomic mass is 16.5. The van der Waals surface area contributed by atoms with Crippen LogP contribution in [0.3, 0.4) is 0 Å². The molecule has 1 aliphatic heterocycles. The van der Waals surface area contributed by atoms with Crippen molar-refractivity contribution in [1.29, 1.82) is 0 Å². The van der Waals surface area contributed by atoms with Crippen LogP contribution < -0.4 is 14.8 Å². The molecule has 8 heteroatoms. The lowest BCUT2D eigenvalue weighted by Crippen LogP contribution is -2.37. The van der Waals surface area contributed by atoms with E-state index in [9.17, 15) is 4.79 Å². The van der Waals surface area contributed by atoms with E-state index in [2.05, 4.69) is 15.5 Å². The molecule has 0 saturated carbocycles. The number of amides is 1. The highest BCUT2D eigenvalue weighted by Crippen LogP contribution is 2.31. The van der Waals surface area contributed by atoms with Crippen molar-refractivity contribution in [2.75, 3.05) is 13.7 Å². The average molecular weight is 355 g/mol. The maximum Gasteiger partial charge on any atom is 0.293 e. The SMILES string of the molecule is COc1ccc2c(c1)OC[C@H](C(=O)NCc1noc(-c3ccco3)n1)C2. The van der Waals surface area contributed by atoms with Crippen molar-refractivity contribution in [2.24, 2.45) is 5.92 Å². The number of aromatic nitrogens is 2. The van der Waals surface area contributed by atoms with Gasteiger partial charge in [-0.2, -0.15) is 4.98 Å². The Morgan fingerprint density at radius 2 is 2.31 bits per heavy atom. The zero-order valence-electron chi connectivity index (χ0n) is 14.1. The molecule has 0 bridgehead atoms. The van der Waals surface area contributed by atoms with Crippen molar-refractivity contribution in [2.45, 2.75) is 13.0 Å². The summed E-state index contributed by atoms with van der Waals surface area (Å²) in [6.45, 7) is 0.491. The molecular weight excluding hydrogens is 338 g/mol. The molecule has 0 fully saturated rings. The van der Waals surface area contributed by atoms with Gasteiger partial charge in [-0.3, -0.25) is 4.79 Å². The number of fused-ring (bicyclic) bond motifs is 1. The van der Waals surface area contributed by atoms with E-state index in [4.69, 9.17) is 18.4 Å². The summed E-state index contributed by atoms with van der Waals surface area (Å²) in [6, 6.07) is 9.07. The summed E-state index contributed by atoms with van der Waals surface area (Å²) < 4.78 is 21.2. The Kier molecular flexibility index (Phi) is 4.30. The first-order valence-electron chi connectivity index (χ1n) is 8.17. The molecule has 1 aliphatic rings. The van der Waals surface area contributed by atoms with Gasteiger partial charge in [0.1, 0.15) is 18.1 Å². The van der Waals surface area contributed by atoms with Crippen LogP contribution >= 0.6 is 0 Å². The summed E-state index contributed by atoms with van der Waals surface area (Å²) in [6.07, 6.45) is 2.13. The molecule has 0 radical (unpaired) electrons. The molecule has 1 amide bonds. The fourth-order valence-corrected chi connectivity index (χ4v) is 2.78. The summed E-state index contributed by atoms with van der Waals surface area (Å²) in [5.74, 6) is 2.26. The van der Waals surface area contributed by atoms with Gasteiger partial charge in [0.2, 0.25) is 5.91 Å². The van der Waals surface area contributed by atoms with Crippen molar-refractivity contribution in [3.63, 3.8) is 0 Å². The van der Waals surface area contributed by atoms with E-state index in [1.807, 2.05) is 18.2 Å². The van der Waals surface area contributed by atoms with Crippen LogP contribution in [-0.2, 0) is 17.8 Å². The Labute approximate surface area is 149 Å². The van der Waals surface area contributed by atoms with Crippen LogP contribution in [0.25, 0.3) is 11.7 Å². The van der Waals surface area contributed by atoms with Crippen LogP contribution in [0.4, 0.5) is 0 Å². The molecule has 3 aromatic rings. The van der Waals surface area contributed by atoms with Gasteiger partial charge in [-0.05, 0) is 30.2 Å². The van der Waals surface area contributed by atoms with Crippen LogP contribution in [-0.4, -0.2) is 29.8 Å². The molecule has 26 heavy (non-hydrogen) atoms. The number of rotatable bonds is 5. The number of hydrogen-bond donors (Lipinski definition) is 1. The zero-order chi connectivity index (χ0) is 17.9. The second kappa shape index (κ2) is 6.91. The third kappa shape index (κ3) is 3.26. The van der Waals surface area contributed by atoms with Gasteiger partial charge in [0.25, 0.3) is 5.89 Å². The molecular formula is C18H17N3O5. The number of carbonyl (C=O) groups excluding carboxylic acids is 1. The van der Waals surface area contributed by atoms with Crippen LogP contribution in [0.1, 0.15) is 11.4 Å². The van der Waals surface area contributed by atoms with E-state index in [1.165, 1.54) is 6.26 Å². The van der Waals surface area contributed by atoms with E-state index in [1.54, 1.807) is 19.2 Å². The molecule has 1 aromatic carbocycles. The summed E-state index contributed by atoms with van der Waals surface area (Å²) >= 11 is 0. The van der Waals surface area contributed by atoms with Crippen molar-refractivity contribution in [3.8, 4) is 23.1 Å². The Morgan fingerprint density at radius 3 is 3.12 bits per heavy atom. The lowest BCUT2D eigenvalue weighted by molar-refractivity contribution is -0.126. The number of furan rings is 1. The van der Waals surface area contributed by atoms with Crippen molar-refractivity contribution >= 4 is 5.91 Å². The summed E-state index contributed by atoms with van der Waals surface area (Å²) in [7, 11) is 1.61. The molecule has 1 atom stereocenters. The maximum absolute atomic E-state index is 12.4. The Morgan fingerprint density at radius 1 is 1.38 bits per heavy atom. The minimum atomic E-state index is -0.271. The van der Waals surface area contributed by atoms with Gasteiger partial charge in [-0.1, -0.05) is 11.2 Å². The number of nitrogens with one attached hydrogen (secondary N) is 1. The quantitative estimate of drug-likeness (QED) is 0.749. The van der Waals surface area contributed by atoms with E-state index in [0.717, 1.165) is 17.1 Å². The highest BCUT2D eigenvalue weighted by molar-refractivity contribution is 5.79. The molecule has 0 spiro atoms. The molecule has 3 heterocycles. The maximum atomic E-state index is 12.4. The number of ether oxygens (including phenoxy) is 2. The third-order valence-electron chi connectivity index (χ3n) is 4.17. The number of nitrogens with zero attached hydrogens (tertiary/aromatic N) is 2. The van der Waals surface area contributed by atoms with Crippen molar-refractivity contribution < 1.29 is 23.2 Å². The first-order valence-corrected chi connectivity index (χ1v) is 8.17. The highest BCUT2D eigenvalue weighted by Gasteiger charge is 2.26. The summed E-state index contributed by atoms with van der Waals surface area (Å²) in [4.78, 5) is 16.6. The molecule has 0 aliphatic carbocycles. The molecule has 0 unspecified atom stereocenters. The van der Waals surface area contributed by atoms with E-state index in [0.29, 0.717) is 24.6 Å². The summed E-state index contributed by atoms with van der Waals surface area (Å²) in [5, 5.41) is 6.66. The number of hydrogen-bond acceptors (Lipinski definition) is 7. The van der Waals surface area contributed by atoms with Gasteiger partial charge in [0.05, 0.1) is 25.8 Å². The van der Waals surface area contributed by atoms with Crippen molar-refractivity contribution in [1.82, 2.24) is 15.5 Å². The molecule has 1 N–H and O–H groups in total. The monoisotopic (exact) mass is 355 g/mol. The van der Waals surface area contributed by atoms with Gasteiger partial charge in [-0.15, -0.1) is 0 Å². The number of carbonyl (C=O) groups is 1. The van der Waals surface area contributed by atoms with Gasteiger partial charge in [-0.25, -0.2) is 0 Å². The van der Waals surface area contributed by atoms with Crippen LogP contribution in [0.2, 0.25) is 0 Å². The summed E-state index contributed by atoms with van der Waals surface area (Å²) in [5.41, 5.74) is 0.983.